The van der Waals surface area contributed by atoms with Crippen LogP contribution in [0.15, 0.2) is 42.7 Å². The van der Waals surface area contributed by atoms with Gasteiger partial charge in [-0.05, 0) is 44.2 Å². The molecule has 1 amide bonds. The van der Waals surface area contributed by atoms with Crippen molar-refractivity contribution in [3.8, 4) is 0 Å². The second-order valence-corrected chi connectivity index (χ2v) is 7.58. The predicted octanol–water partition coefficient (Wildman–Crippen LogP) is 3.34. The van der Waals surface area contributed by atoms with Crippen molar-refractivity contribution in [3.63, 3.8) is 0 Å². The minimum atomic E-state index is -0.00956. The predicted molar refractivity (Wildman–Crippen MR) is 102 cm³/mol. The average molecular weight is 350 g/mol. The SMILES string of the molecule is Cc1cccc(CN2C(=O)CC[C@]23CCCN(c2ncccn2)CC3)c1. The molecule has 1 aromatic carbocycles. The van der Waals surface area contributed by atoms with Crippen LogP contribution in [0.4, 0.5) is 5.95 Å². The van der Waals surface area contributed by atoms with Crippen molar-refractivity contribution in [2.45, 2.75) is 51.1 Å². The maximum Gasteiger partial charge on any atom is 0.225 e. The van der Waals surface area contributed by atoms with Gasteiger partial charge in [-0.2, -0.15) is 0 Å². The molecule has 136 valence electrons. The first kappa shape index (κ1) is 17.0. The number of nitrogens with zero attached hydrogens (tertiary/aromatic N) is 4. The minimum absolute atomic E-state index is 0.00956. The molecule has 1 aromatic heterocycles. The van der Waals surface area contributed by atoms with E-state index in [4.69, 9.17) is 0 Å². The molecule has 0 N–H and O–H groups in total. The van der Waals surface area contributed by atoms with Crippen molar-refractivity contribution < 1.29 is 4.79 Å². The summed E-state index contributed by atoms with van der Waals surface area (Å²) in [4.78, 5) is 25.9. The molecule has 5 heteroatoms. The second kappa shape index (κ2) is 7.06. The van der Waals surface area contributed by atoms with E-state index in [1.165, 1.54) is 11.1 Å². The number of aryl methyl sites for hydroxylation is 1. The van der Waals surface area contributed by atoms with Crippen LogP contribution in [0.2, 0.25) is 0 Å². The van der Waals surface area contributed by atoms with Gasteiger partial charge in [0.2, 0.25) is 11.9 Å². The first-order valence-electron chi connectivity index (χ1n) is 9.54. The molecular formula is C21H26N4O. The normalized spacial score (nSPS) is 23.5. The summed E-state index contributed by atoms with van der Waals surface area (Å²) in [5.41, 5.74) is 2.47. The zero-order chi connectivity index (χ0) is 18.0. The van der Waals surface area contributed by atoms with Crippen LogP contribution in [0.5, 0.6) is 0 Å². The number of benzene rings is 1. The summed E-state index contributed by atoms with van der Waals surface area (Å²) in [5, 5.41) is 0. The highest BCUT2D eigenvalue weighted by molar-refractivity contribution is 5.79. The molecule has 2 aliphatic rings. The van der Waals surface area contributed by atoms with Crippen LogP contribution >= 0.6 is 0 Å². The number of rotatable bonds is 3. The van der Waals surface area contributed by atoms with Crippen molar-refractivity contribution in [2.24, 2.45) is 0 Å². The standard InChI is InChI=1S/C21H26N4O/c1-17-5-2-6-18(15-17)16-25-19(26)7-9-21(25)8-3-13-24(14-10-21)20-22-11-4-12-23-20/h2,4-6,11-12,15H,3,7-10,13-14,16H2,1H3/t21-/m0/s1. The van der Waals surface area contributed by atoms with E-state index < -0.39 is 0 Å². The van der Waals surface area contributed by atoms with Crippen LogP contribution in [0, 0.1) is 6.92 Å². The Bertz CT molecular complexity index is 779. The Hall–Kier alpha value is -2.43. The van der Waals surface area contributed by atoms with Crippen molar-refractivity contribution >= 4 is 11.9 Å². The van der Waals surface area contributed by atoms with Gasteiger partial charge in [0, 0.05) is 44.0 Å². The zero-order valence-corrected chi connectivity index (χ0v) is 15.4. The molecule has 2 fully saturated rings. The summed E-state index contributed by atoms with van der Waals surface area (Å²) in [6.07, 6.45) is 8.36. The van der Waals surface area contributed by atoms with E-state index in [-0.39, 0.29) is 5.54 Å². The highest BCUT2D eigenvalue weighted by Crippen LogP contribution is 2.40. The van der Waals surface area contributed by atoms with Gasteiger partial charge in [-0.15, -0.1) is 0 Å². The Morgan fingerprint density at radius 1 is 1.08 bits per heavy atom. The van der Waals surface area contributed by atoms with E-state index in [2.05, 4.69) is 51.0 Å². The van der Waals surface area contributed by atoms with Crippen molar-refractivity contribution in [1.29, 1.82) is 0 Å². The molecule has 2 aromatic rings. The van der Waals surface area contributed by atoms with Crippen molar-refractivity contribution in [2.75, 3.05) is 18.0 Å². The van der Waals surface area contributed by atoms with Crippen LogP contribution in [-0.4, -0.2) is 39.4 Å². The van der Waals surface area contributed by atoms with Gasteiger partial charge >= 0.3 is 0 Å². The van der Waals surface area contributed by atoms with E-state index in [1.54, 1.807) is 12.4 Å². The number of likely N-dealkylation sites (tertiary alicyclic amines) is 1. The molecule has 0 aliphatic carbocycles. The van der Waals surface area contributed by atoms with Gasteiger partial charge in [0.05, 0.1) is 0 Å². The third-order valence-electron chi connectivity index (χ3n) is 5.85. The van der Waals surface area contributed by atoms with Crippen molar-refractivity contribution in [1.82, 2.24) is 14.9 Å². The summed E-state index contributed by atoms with van der Waals surface area (Å²) in [6, 6.07) is 10.4. The lowest BCUT2D eigenvalue weighted by Crippen LogP contribution is -2.46. The Morgan fingerprint density at radius 2 is 1.92 bits per heavy atom. The van der Waals surface area contributed by atoms with E-state index in [9.17, 15) is 4.79 Å². The average Bonchev–Trinajstić information content (AvgIpc) is 2.83. The summed E-state index contributed by atoms with van der Waals surface area (Å²) >= 11 is 0. The largest absolute Gasteiger partial charge is 0.341 e. The molecule has 2 saturated heterocycles. The Balaban J connectivity index is 1.53. The number of carbonyl (C=O) groups is 1. The fourth-order valence-corrected chi connectivity index (χ4v) is 4.48. The van der Waals surface area contributed by atoms with E-state index in [1.807, 2.05) is 6.07 Å². The third-order valence-corrected chi connectivity index (χ3v) is 5.85. The maximum absolute atomic E-state index is 12.7. The van der Waals surface area contributed by atoms with Gasteiger partial charge in [0.1, 0.15) is 0 Å². The summed E-state index contributed by atoms with van der Waals surface area (Å²) in [7, 11) is 0. The molecule has 0 bridgehead atoms. The smallest absolute Gasteiger partial charge is 0.225 e. The lowest BCUT2D eigenvalue weighted by Gasteiger charge is -2.38. The number of anilines is 1. The van der Waals surface area contributed by atoms with Crippen LogP contribution < -0.4 is 4.90 Å². The molecule has 0 radical (unpaired) electrons. The highest BCUT2D eigenvalue weighted by Gasteiger charge is 2.45. The second-order valence-electron chi connectivity index (χ2n) is 7.58. The molecule has 2 aliphatic heterocycles. The fourth-order valence-electron chi connectivity index (χ4n) is 4.48. The van der Waals surface area contributed by atoms with E-state index >= 15 is 0 Å². The van der Waals surface area contributed by atoms with Gasteiger partial charge in [0.25, 0.3) is 0 Å². The Kier molecular flexibility index (Phi) is 4.62. The Morgan fingerprint density at radius 3 is 2.73 bits per heavy atom. The van der Waals surface area contributed by atoms with Gasteiger partial charge < -0.3 is 9.80 Å². The number of carbonyl (C=O) groups excluding carboxylic acids is 1. The topological polar surface area (TPSA) is 49.3 Å². The first-order chi connectivity index (χ1) is 12.7. The number of hydrogen-bond donors (Lipinski definition) is 0. The summed E-state index contributed by atoms with van der Waals surface area (Å²) in [5.74, 6) is 1.11. The zero-order valence-electron chi connectivity index (χ0n) is 15.4. The molecule has 3 heterocycles. The highest BCUT2D eigenvalue weighted by atomic mass is 16.2. The van der Waals surface area contributed by atoms with Crippen LogP contribution in [0.3, 0.4) is 0 Å². The first-order valence-corrected chi connectivity index (χ1v) is 9.54. The molecule has 1 spiro atoms. The number of amides is 1. The van der Waals surface area contributed by atoms with Crippen molar-refractivity contribution in [3.05, 3.63) is 53.9 Å². The van der Waals surface area contributed by atoms with Gasteiger partial charge in [0.15, 0.2) is 0 Å². The molecule has 26 heavy (non-hydrogen) atoms. The maximum atomic E-state index is 12.7. The molecule has 5 nitrogen and oxygen atoms in total. The molecule has 4 rings (SSSR count). The summed E-state index contributed by atoms with van der Waals surface area (Å²) < 4.78 is 0. The lowest BCUT2D eigenvalue weighted by atomic mass is 9.87. The lowest BCUT2D eigenvalue weighted by molar-refractivity contribution is -0.132. The van der Waals surface area contributed by atoms with Crippen LogP contribution in [0.1, 0.15) is 43.2 Å². The van der Waals surface area contributed by atoms with Crippen LogP contribution in [-0.2, 0) is 11.3 Å². The van der Waals surface area contributed by atoms with E-state index in [0.717, 1.165) is 51.3 Å². The quantitative estimate of drug-likeness (QED) is 0.852. The van der Waals surface area contributed by atoms with Crippen LogP contribution in [0.25, 0.3) is 0 Å². The summed E-state index contributed by atoms with van der Waals surface area (Å²) in [6.45, 7) is 4.69. The fraction of sp³-hybridized carbons (Fsp3) is 0.476. The van der Waals surface area contributed by atoms with Gasteiger partial charge in [-0.25, -0.2) is 9.97 Å². The third kappa shape index (κ3) is 3.30. The number of aromatic nitrogens is 2. The van der Waals surface area contributed by atoms with E-state index in [0.29, 0.717) is 12.3 Å². The van der Waals surface area contributed by atoms with Gasteiger partial charge in [-0.1, -0.05) is 29.8 Å². The minimum Gasteiger partial charge on any atom is -0.341 e. The number of hydrogen-bond acceptors (Lipinski definition) is 4. The molecule has 1 atom stereocenters. The molecular weight excluding hydrogens is 324 g/mol. The Labute approximate surface area is 155 Å². The van der Waals surface area contributed by atoms with Gasteiger partial charge in [-0.3, -0.25) is 4.79 Å². The molecule has 0 unspecified atom stereocenters. The molecule has 0 saturated carbocycles. The monoisotopic (exact) mass is 350 g/mol.